The van der Waals surface area contributed by atoms with Crippen LogP contribution < -0.4 is 43.4 Å². The number of hydrogen-bond donors (Lipinski definition) is 10. The van der Waals surface area contributed by atoms with Crippen LogP contribution in [-0.4, -0.2) is 155 Å². The van der Waals surface area contributed by atoms with E-state index in [2.05, 4.69) is 31.9 Å². The van der Waals surface area contributed by atoms with Crippen LogP contribution in [0.5, 0.6) is 0 Å². The number of primary amides is 2. The predicted octanol–water partition coefficient (Wildman–Crippen LogP) is 11.6. The zero-order valence-electron chi connectivity index (χ0n) is 68.7. The molecule has 4 aliphatic carbocycles. The van der Waals surface area contributed by atoms with Crippen molar-refractivity contribution in [2.24, 2.45) is 86.9 Å². The number of alkyl carbamates (subject to hydrolysis) is 2. The lowest BCUT2D eigenvalue weighted by Gasteiger charge is -2.63. The summed E-state index contributed by atoms with van der Waals surface area (Å²) in [6.45, 7) is 26.5. The third-order valence-corrected chi connectivity index (χ3v) is 23.4. The molecule has 0 radical (unpaired) electrons. The van der Waals surface area contributed by atoms with E-state index in [1.54, 1.807) is 55.5 Å². The van der Waals surface area contributed by atoms with Crippen LogP contribution in [0, 0.1) is 75.4 Å². The van der Waals surface area contributed by atoms with Gasteiger partial charge in [-0.15, -0.1) is 0 Å². The van der Waals surface area contributed by atoms with E-state index in [1.807, 2.05) is 76.2 Å². The molecule has 1 aliphatic heterocycles. The van der Waals surface area contributed by atoms with Crippen molar-refractivity contribution in [2.45, 2.75) is 255 Å². The fourth-order valence-electron chi connectivity index (χ4n) is 16.3. The molecule has 12 N–H and O–H groups in total. The number of alkyl halides is 2. The Balaban J connectivity index is 0.000000447. The maximum absolute atomic E-state index is 18.0. The number of carboxylic acid groups (broad SMARTS) is 1. The number of hydrogen-bond acceptors (Lipinski definition) is 19. The Bertz CT molecular complexity index is 3830. The van der Waals surface area contributed by atoms with E-state index >= 15 is 8.78 Å². The first-order chi connectivity index (χ1) is 53.3. The minimum absolute atomic E-state index is 0.00677. The standard InChI is InChI=1S/C57H80F2N4O13.C27H42N4O7/c1-11-13-48-75-47-26-38-39-25-41(58)40-24-37(64)19-20-54(40,9)56(39,59)45(67)28-55(38,10)57(47,76-48)46(68)30-73-50(70)53(7,8)27-44(66)42(22-31(2)3)63-52(72)74-29-34-15-17-36(18-16-34)62-49(69)35(14-12-21-61-51(60)71)23-43(65)33(6)32(4)5;1-16(2)13-22(25(34)35)31-27(37)38-15-19-8-10-21(11-9-19)30-24(33)20(7-6-12-29-26(28)36)14-23(32)18(5)17(3)4/h15-20,24,31-33,35,38-39,41-42,45,47-48,67H,11-14,21-23,25-30H2,1-10H3,(H,62,69)(H,63,72)(H3,60,61,71);8-11,16-18,20,22H,6-7,12-15H2,1-5H3,(H,30,33)(H,31,37)(H,34,35)(H3,28,29,36)/t33-,35+,38-,39-,41-,42-,45-,47+,48?,54-,55-,56-,57+;18-,20+,22-/m00/s1. The van der Waals surface area contributed by atoms with Gasteiger partial charge in [0.25, 0.3) is 0 Å². The molecule has 0 spiro atoms. The quantitative estimate of drug-likeness (QED) is 0.0168. The number of aliphatic hydroxyl groups is 1. The number of fused-ring (bicyclic) bond motifs is 7. The van der Waals surface area contributed by atoms with Crippen LogP contribution in [0.2, 0.25) is 0 Å². The smallest absolute Gasteiger partial charge is 0.408 e. The van der Waals surface area contributed by atoms with Crippen LogP contribution in [0.15, 0.2) is 72.3 Å². The molecule has 0 aromatic heterocycles. The van der Waals surface area contributed by atoms with E-state index < -0.39 is 155 Å². The molecule has 28 nitrogen and oxygen atoms in total. The number of ether oxygens (including phenoxy) is 5. The molecule has 30 heteroatoms. The first-order valence-electron chi connectivity index (χ1n) is 39.9. The molecule has 16 atom stereocenters. The molecule has 3 saturated carbocycles. The van der Waals surface area contributed by atoms with E-state index in [1.165, 1.54) is 32.9 Å². The van der Waals surface area contributed by atoms with Crippen molar-refractivity contribution in [3.05, 3.63) is 83.5 Å². The number of amides is 8. The number of nitrogens with two attached hydrogens (primary N) is 2. The number of halogens is 2. The van der Waals surface area contributed by atoms with Gasteiger partial charge in [-0.3, -0.25) is 38.4 Å². The summed E-state index contributed by atoms with van der Waals surface area (Å²) in [6, 6.07) is 9.76. The minimum atomic E-state index is -2.40. The van der Waals surface area contributed by atoms with Crippen molar-refractivity contribution in [1.29, 1.82) is 0 Å². The van der Waals surface area contributed by atoms with Crippen LogP contribution in [-0.2, 0) is 80.0 Å². The summed E-state index contributed by atoms with van der Waals surface area (Å²) in [5.74, 6) is -7.53. The molecule has 1 heterocycles. The molecule has 2 aromatic rings. The summed E-state index contributed by atoms with van der Waals surface area (Å²) in [6.07, 6.45) is -0.786. The number of aliphatic carboxylic acids is 1. The number of carbonyl (C=O) groups excluding carboxylic acids is 12. The lowest BCUT2D eigenvalue weighted by Crippen LogP contribution is -2.71. The third kappa shape index (κ3) is 23.8. The largest absolute Gasteiger partial charge is 0.480 e. The number of anilines is 2. The van der Waals surface area contributed by atoms with E-state index in [4.69, 9.17) is 35.2 Å². The Morgan fingerprint density at radius 3 is 1.59 bits per heavy atom. The van der Waals surface area contributed by atoms with Crippen LogP contribution in [0.1, 0.15) is 205 Å². The first-order valence-corrected chi connectivity index (χ1v) is 39.9. The van der Waals surface area contributed by atoms with Crippen LogP contribution >= 0.6 is 0 Å². The van der Waals surface area contributed by atoms with Crippen LogP contribution in [0.25, 0.3) is 0 Å². The molecular formula is C84H122F2N8O20. The van der Waals surface area contributed by atoms with Crippen molar-refractivity contribution < 1.29 is 105 Å². The molecule has 632 valence electrons. The summed E-state index contributed by atoms with van der Waals surface area (Å²) in [5.41, 5.74) is 3.75. The molecule has 0 bridgehead atoms. The van der Waals surface area contributed by atoms with Gasteiger partial charge in [-0.05, 0) is 168 Å². The summed E-state index contributed by atoms with van der Waals surface area (Å²) in [4.78, 5) is 166. The number of ketones is 5. The normalized spacial score (nSPS) is 24.9. The van der Waals surface area contributed by atoms with Crippen LogP contribution in [0.3, 0.4) is 0 Å². The molecular weight excluding hydrogens is 1480 g/mol. The number of urea groups is 2. The van der Waals surface area contributed by atoms with E-state index in [0.717, 1.165) is 6.08 Å². The molecule has 4 fully saturated rings. The highest BCUT2D eigenvalue weighted by Crippen LogP contribution is 2.72. The molecule has 8 amide bonds. The zero-order chi connectivity index (χ0) is 85.1. The second-order valence-corrected chi connectivity index (χ2v) is 34.0. The number of rotatable bonds is 40. The second-order valence-electron chi connectivity index (χ2n) is 34.0. The summed E-state index contributed by atoms with van der Waals surface area (Å²) in [5, 5.41) is 36.8. The van der Waals surface area contributed by atoms with E-state index in [9.17, 15) is 72.5 Å². The third-order valence-electron chi connectivity index (χ3n) is 23.4. The second kappa shape index (κ2) is 41.0. The Kier molecular flexibility index (Phi) is 33.7. The van der Waals surface area contributed by atoms with Gasteiger partial charge in [-0.1, -0.05) is 120 Å². The number of benzene rings is 2. The zero-order valence-corrected chi connectivity index (χ0v) is 68.7. The van der Waals surface area contributed by atoms with E-state index in [-0.39, 0.29) is 129 Å². The van der Waals surface area contributed by atoms with Gasteiger partial charge >= 0.3 is 36.2 Å². The number of allylic oxidation sites excluding steroid dienone is 4. The van der Waals surface area contributed by atoms with Gasteiger partial charge in [0, 0.05) is 84.1 Å². The maximum Gasteiger partial charge on any atom is 0.408 e. The lowest BCUT2D eigenvalue weighted by atomic mass is 9.44. The average Bonchev–Trinajstić information content (AvgIpc) is 1.45. The maximum atomic E-state index is 18.0. The number of aliphatic hydroxyl groups excluding tert-OH is 1. The topological polar surface area (TPSA) is 433 Å². The molecule has 114 heavy (non-hydrogen) atoms. The molecule has 2 aromatic carbocycles. The van der Waals surface area contributed by atoms with Gasteiger partial charge in [0.05, 0.1) is 23.7 Å². The van der Waals surface area contributed by atoms with E-state index in [0.29, 0.717) is 67.6 Å². The van der Waals surface area contributed by atoms with Gasteiger partial charge in [-0.2, -0.15) is 0 Å². The van der Waals surface area contributed by atoms with Crippen molar-refractivity contribution in [3.8, 4) is 0 Å². The van der Waals surface area contributed by atoms with Crippen molar-refractivity contribution in [3.63, 3.8) is 0 Å². The Hall–Kier alpha value is -9.03. The van der Waals surface area contributed by atoms with Gasteiger partial charge in [0.2, 0.25) is 17.6 Å². The van der Waals surface area contributed by atoms with Gasteiger partial charge < -0.3 is 77.3 Å². The van der Waals surface area contributed by atoms with Crippen molar-refractivity contribution in [2.75, 3.05) is 30.3 Å². The molecule has 1 unspecified atom stereocenters. The average molecular weight is 1600 g/mol. The van der Waals surface area contributed by atoms with Gasteiger partial charge in [0.1, 0.15) is 37.0 Å². The Morgan fingerprint density at radius 2 is 1.14 bits per heavy atom. The lowest BCUT2D eigenvalue weighted by molar-refractivity contribution is -0.235. The molecule has 7 rings (SSSR count). The summed E-state index contributed by atoms with van der Waals surface area (Å²) < 4.78 is 63.4. The molecule has 5 aliphatic rings. The highest BCUT2D eigenvalue weighted by atomic mass is 19.1. The van der Waals surface area contributed by atoms with Crippen molar-refractivity contribution in [1.82, 2.24) is 21.3 Å². The van der Waals surface area contributed by atoms with Gasteiger partial charge in [0.15, 0.2) is 35.7 Å². The van der Waals surface area contributed by atoms with Gasteiger partial charge in [-0.25, -0.2) is 32.8 Å². The number of carboxylic acids is 1. The fraction of sp³-hybridized carbons (Fsp3) is 0.655. The highest BCUT2D eigenvalue weighted by molar-refractivity contribution is 6.02. The summed E-state index contributed by atoms with van der Waals surface area (Å²) in [7, 11) is 0. The Labute approximate surface area is 667 Å². The van der Waals surface area contributed by atoms with Crippen molar-refractivity contribution >= 4 is 88.3 Å². The molecule has 1 saturated heterocycles. The minimum Gasteiger partial charge on any atom is -0.480 e. The number of carbonyl (C=O) groups is 13. The summed E-state index contributed by atoms with van der Waals surface area (Å²) >= 11 is 0. The first kappa shape index (κ1) is 93.8. The van der Waals surface area contributed by atoms with Crippen LogP contribution in [0.4, 0.5) is 39.3 Å². The predicted molar refractivity (Wildman–Crippen MR) is 420 cm³/mol. The fourth-order valence-corrected chi connectivity index (χ4v) is 16.3. The SMILES string of the molecule is CC(C)C[C@H](NC(=O)OCc1ccc(NC(=O)[C@H](CCCNC(N)=O)CC(=O)[C@@H](C)C(C)C)cc1)C(=O)O.CCCC1O[C@@H]2C[C@H]3[C@@H]4C[C@H](F)C5=CC(=O)C=C[C@]5(C)[C@@]4(F)[C@@H](O)C[C@]3(C)[C@]2(C(=O)COC(=O)C(C)(C)CC(=O)[C@H](CC(C)C)NC(=O)OCc2ccc(NC(=O)[C@H](CCCNC(N)=O)CC(=O)[C@@H](C)C(C)C)cc2)O1. The number of esters is 1. The monoisotopic (exact) mass is 1600 g/mol. The highest BCUT2D eigenvalue weighted by Gasteiger charge is 2.80. The number of nitrogens with one attached hydrogen (secondary N) is 6. The number of Topliss-reactive ketones (excluding diaryl/α,β-unsaturated/α-hetero) is 4. The Morgan fingerprint density at radius 1 is 0.667 bits per heavy atom.